The van der Waals surface area contributed by atoms with E-state index in [1.165, 1.54) is 6.08 Å². The van der Waals surface area contributed by atoms with Gasteiger partial charge in [0.05, 0.1) is 5.57 Å². The maximum absolute atomic E-state index is 10.4. The van der Waals surface area contributed by atoms with Gasteiger partial charge in [0.2, 0.25) is 0 Å². The summed E-state index contributed by atoms with van der Waals surface area (Å²) in [5, 5.41) is 6.82. The molecule has 3 N–H and O–H groups in total. The van der Waals surface area contributed by atoms with Gasteiger partial charge in [-0.05, 0) is 23.9 Å². The first-order valence-corrected chi connectivity index (χ1v) is 3.81. The van der Waals surface area contributed by atoms with Crippen LogP contribution in [0.2, 0.25) is 0 Å². The van der Waals surface area contributed by atoms with Crippen LogP contribution in [0.4, 0.5) is 0 Å². The van der Waals surface area contributed by atoms with Crippen molar-refractivity contribution in [3.05, 3.63) is 17.2 Å². The Balaban J connectivity index is 4.80. The molecule has 3 nitrogen and oxygen atoms in total. The standard InChI is InChI=1S/C8H10N2OS/c1-2-6(5-11)3-7(4-9)8(10)12/h3,5,9H,2H2,1H3,(H2,10,12)/b6-3-. The number of aldehydes is 1. The summed E-state index contributed by atoms with van der Waals surface area (Å²) >= 11 is 4.63. The van der Waals surface area contributed by atoms with Gasteiger partial charge >= 0.3 is 0 Å². The SMILES string of the molecule is CC/C(C=O)=C/C(=C=N)C(N)=S. The number of allylic oxidation sites excluding steroid dienone is 1. The monoisotopic (exact) mass is 182 g/mol. The van der Waals surface area contributed by atoms with E-state index in [1.54, 1.807) is 0 Å². The first kappa shape index (κ1) is 10.8. The summed E-state index contributed by atoms with van der Waals surface area (Å²) in [5.41, 5.74) is 6.10. The fourth-order valence-electron chi connectivity index (χ4n) is 0.574. The third kappa shape index (κ3) is 3.23. The Labute approximate surface area is 76.5 Å². The number of rotatable bonds is 4. The highest BCUT2D eigenvalue weighted by Crippen LogP contribution is 2.01. The second-order valence-corrected chi connectivity index (χ2v) is 2.53. The van der Waals surface area contributed by atoms with Crippen LogP contribution in [0.3, 0.4) is 0 Å². The fourth-order valence-corrected chi connectivity index (χ4v) is 0.684. The maximum atomic E-state index is 10.4. The van der Waals surface area contributed by atoms with Crippen molar-refractivity contribution >= 4 is 29.4 Å². The van der Waals surface area contributed by atoms with E-state index in [0.29, 0.717) is 12.0 Å². The molecule has 0 aromatic heterocycles. The van der Waals surface area contributed by atoms with Crippen molar-refractivity contribution in [1.82, 2.24) is 0 Å². The molecular formula is C8H10N2OS. The molecule has 0 amide bonds. The molecule has 0 radical (unpaired) electrons. The van der Waals surface area contributed by atoms with Crippen LogP contribution in [0.5, 0.6) is 0 Å². The molecular weight excluding hydrogens is 172 g/mol. The molecule has 0 saturated heterocycles. The molecule has 0 aliphatic heterocycles. The van der Waals surface area contributed by atoms with E-state index in [9.17, 15) is 4.79 Å². The molecule has 0 unspecified atom stereocenters. The predicted octanol–water partition coefficient (Wildman–Crippen LogP) is 0.983. The second-order valence-electron chi connectivity index (χ2n) is 2.09. The minimum absolute atomic E-state index is 0.0813. The van der Waals surface area contributed by atoms with Crippen molar-refractivity contribution < 1.29 is 4.79 Å². The molecule has 12 heavy (non-hydrogen) atoms. The molecule has 0 fully saturated rings. The fraction of sp³-hybridized carbons (Fsp3) is 0.250. The molecule has 0 aromatic rings. The lowest BCUT2D eigenvalue weighted by atomic mass is 10.1. The number of thiocarbonyl (C=S) groups is 1. The Hall–Kier alpha value is -1.25. The quantitative estimate of drug-likeness (QED) is 0.224. The van der Waals surface area contributed by atoms with E-state index in [-0.39, 0.29) is 10.6 Å². The molecule has 0 aliphatic rings. The van der Waals surface area contributed by atoms with E-state index in [0.717, 1.165) is 6.29 Å². The zero-order valence-corrected chi connectivity index (χ0v) is 7.57. The van der Waals surface area contributed by atoms with Crippen LogP contribution in [0.15, 0.2) is 17.2 Å². The molecule has 0 spiro atoms. The van der Waals surface area contributed by atoms with Crippen LogP contribution in [-0.2, 0) is 4.79 Å². The number of hydrogen-bond donors (Lipinski definition) is 2. The summed E-state index contributed by atoms with van der Waals surface area (Å²) in [6.07, 6.45) is 2.79. The maximum Gasteiger partial charge on any atom is 0.146 e. The van der Waals surface area contributed by atoms with Crippen molar-refractivity contribution in [3.8, 4) is 0 Å². The van der Waals surface area contributed by atoms with Crippen LogP contribution in [0.25, 0.3) is 0 Å². The van der Waals surface area contributed by atoms with Crippen LogP contribution in [0, 0.1) is 5.41 Å². The van der Waals surface area contributed by atoms with Crippen LogP contribution in [0.1, 0.15) is 13.3 Å². The molecule has 64 valence electrons. The van der Waals surface area contributed by atoms with Crippen molar-refractivity contribution in [2.24, 2.45) is 5.73 Å². The van der Waals surface area contributed by atoms with Gasteiger partial charge in [-0.2, -0.15) is 0 Å². The van der Waals surface area contributed by atoms with Crippen LogP contribution >= 0.6 is 12.2 Å². The zero-order valence-electron chi connectivity index (χ0n) is 6.76. The van der Waals surface area contributed by atoms with E-state index < -0.39 is 0 Å². The van der Waals surface area contributed by atoms with Crippen LogP contribution < -0.4 is 5.73 Å². The highest BCUT2D eigenvalue weighted by Gasteiger charge is 1.98. The first-order chi connectivity index (χ1) is 5.65. The van der Waals surface area contributed by atoms with Crippen molar-refractivity contribution in [2.75, 3.05) is 0 Å². The van der Waals surface area contributed by atoms with Crippen molar-refractivity contribution in [3.63, 3.8) is 0 Å². The van der Waals surface area contributed by atoms with Gasteiger partial charge < -0.3 is 5.73 Å². The van der Waals surface area contributed by atoms with Crippen molar-refractivity contribution in [1.29, 1.82) is 5.41 Å². The normalized spacial score (nSPS) is 10.2. The minimum Gasteiger partial charge on any atom is -0.389 e. The van der Waals surface area contributed by atoms with Gasteiger partial charge in [0, 0.05) is 0 Å². The Morgan fingerprint density at radius 3 is 2.58 bits per heavy atom. The van der Waals surface area contributed by atoms with Gasteiger partial charge in [-0.15, -0.1) is 0 Å². The average Bonchev–Trinajstić information content (AvgIpc) is 2.06. The molecule has 4 heteroatoms. The van der Waals surface area contributed by atoms with Crippen molar-refractivity contribution in [2.45, 2.75) is 13.3 Å². The molecule has 0 rings (SSSR count). The Bertz CT molecular complexity index is 275. The lowest BCUT2D eigenvalue weighted by molar-refractivity contribution is -0.105. The largest absolute Gasteiger partial charge is 0.389 e. The summed E-state index contributed by atoms with van der Waals surface area (Å²) in [6.45, 7) is 1.83. The number of carbonyl (C=O) groups excluding carboxylic acids is 1. The summed E-state index contributed by atoms with van der Waals surface area (Å²) in [4.78, 5) is 10.4. The Morgan fingerprint density at radius 1 is 1.75 bits per heavy atom. The molecule has 0 bridgehead atoms. The van der Waals surface area contributed by atoms with E-state index in [4.69, 9.17) is 11.1 Å². The smallest absolute Gasteiger partial charge is 0.146 e. The topological polar surface area (TPSA) is 66.9 Å². The summed E-state index contributed by atoms with van der Waals surface area (Å²) in [5.74, 6) is 2.07. The van der Waals surface area contributed by atoms with E-state index >= 15 is 0 Å². The molecule has 0 aromatic carbocycles. The van der Waals surface area contributed by atoms with Gasteiger partial charge in [-0.25, -0.2) is 0 Å². The highest BCUT2D eigenvalue weighted by molar-refractivity contribution is 7.80. The van der Waals surface area contributed by atoms with E-state index in [2.05, 4.69) is 18.1 Å². The number of hydrogen-bond acceptors (Lipinski definition) is 3. The lowest BCUT2D eigenvalue weighted by Crippen LogP contribution is -2.10. The molecule has 0 aliphatic carbocycles. The van der Waals surface area contributed by atoms with Gasteiger partial charge in [0.25, 0.3) is 0 Å². The minimum atomic E-state index is 0.0813. The Kier molecular flexibility index (Phi) is 4.84. The van der Waals surface area contributed by atoms with Gasteiger partial charge in [0.1, 0.15) is 11.3 Å². The summed E-state index contributed by atoms with van der Waals surface area (Å²) in [6, 6.07) is 0. The van der Waals surface area contributed by atoms with Gasteiger partial charge in [-0.3, -0.25) is 10.2 Å². The van der Waals surface area contributed by atoms with Gasteiger partial charge in [0.15, 0.2) is 0 Å². The molecule has 0 heterocycles. The summed E-state index contributed by atoms with van der Waals surface area (Å²) < 4.78 is 0. The molecule has 0 saturated carbocycles. The number of carbonyl (C=O) groups is 1. The Morgan fingerprint density at radius 2 is 2.33 bits per heavy atom. The lowest BCUT2D eigenvalue weighted by Gasteiger charge is -1.95. The zero-order chi connectivity index (χ0) is 9.56. The third-order valence-electron chi connectivity index (χ3n) is 1.29. The van der Waals surface area contributed by atoms with Crippen LogP contribution in [-0.4, -0.2) is 17.1 Å². The molecule has 0 atom stereocenters. The first-order valence-electron chi connectivity index (χ1n) is 3.41. The number of nitrogens with two attached hydrogens (primary N) is 1. The van der Waals surface area contributed by atoms with E-state index in [1.807, 2.05) is 6.92 Å². The summed E-state index contributed by atoms with van der Waals surface area (Å²) in [7, 11) is 0. The number of nitrogens with one attached hydrogen (secondary N) is 1. The second kappa shape index (κ2) is 5.41. The highest BCUT2D eigenvalue weighted by atomic mass is 32.1. The van der Waals surface area contributed by atoms with Gasteiger partial charge in [-0.1, -0.05) is 19.1 Å². The average molecular weight is 182 g/mol. The predicted molar refractivity (Wildman–Crippen MR) is 52.5 cm³/mol. The third-order valence-corrected chi connectivity index (χ3v) is 1.51.